The zero-order valence-electron chi connectivity index (χ0n) is 7.08. The van der Waals surface area contributed by atoms with Gasteiger partial charge >= 0.3 is 0 Å². The van der Waals surface area contributed by atoms with Gasteiger partial charge in [-0.1, -0.05) is 5.16 Å². The van der Waals surface area contributed by atoms with Gasteiger partial charge in [0.15, 0.2) is 5.82 Å². The van der Waals surface area contributed by atoms with Crippen LogP contribution in [0.5, 0.6) is 0 Å². The molecule has 0 aliphatic heterocycles. The van der Waals surface area contributed by atoms with Gasteiger partial charge in [0, 0.05) is 0 Å². The maximum absolute atomic E-state index is 8.74. The monoisotopic (exact) mass is 196 g/mol. The molecule has 2 heterocycles. The summed E-state index contributed by atoms with van der Waals surface area (Å²) in [5.74, 6) is 0.824. The van der Waals surface area contributed by atoms with Crippen LogP contribution in [0.2, 0.25) is 0 Å². The molecule has 0 spiro atoms. The Morgan fingerprint density at radius 3 is 3.14 bits per heavy atom. The summed E-state index contributed by atoms with van der Waals surface area (Å²) < 4.78 is 4.81. The second kappa shape index (κ2) is 3.52. The molecule has 0 aliphatic carbocycles. The van der Waals surface area contributed by atoms with E-state index in [-0.39, 0.29) is 18.3 Å². The Labute approximate surface area is 78.2 Å². The molecule has 0 unspecified atom stereocenters. The van der Waals surface area contributed by atoms with Crippen molar-refractivity contribution in [3.05, 3.63) is 12.2 Å². The van der Waals surface area contributed by atoms with Gasteiger partial charge in [-0.15, -0.1) is 0 Å². The summed E-state index contributed by atoms with van der Waals surface area (Å²) in [5, 5.41) is 18.6. The van der Waals surface area contributed by atoms with Crippen LogP contribution in [0.15, 0.2) is 10.9 Å². The van der Waals surface area contributed by atoms with Crippen molar-refractivity contribution in [1.29, 1.82) is 0 Å². The first-order chi connectivity index (χ1) is 6.81. The molecule has 14 heavy (non-hydrogen) atoms. The minimum Gasteiger partial charge on any atom is -0.394 e. The topological polar surface area (TPSA) is 127 Å². The van der Waals surface area contributed by atoms with Crippen molar-refractivity contribution in [2.75, 3.05) is 6.61 Å². The minimum atomic E-state index is -0.667. The van der Waals surface area contributed by atoms with Gasteiger partial charge < -0.3 is 15.4 Å². The number of nitrogens with zero attached hydrogens (tertiary/aromatic N) is 4. The molecule has 0 fully saturated rings. The lowest BCUT2D eigenvalue weighted by Crippen LogP contribution is -2.14. The van der Waals surface area contributed by atoms with Gasteiger partial charge in [-0.2, -0.15) is 10.1 Å². The van der Waals surface area contributed by atoms with Crippen molar-refractivity contribution in [3.63, 3.8) is 0 Å². The number of rotatable bonds is 3. The first-order valence-electron chi connectivity index (χ1n) is 3.87. The normalized spacial score (nSPS) is 13.0. The van der Waals surface area contributed by atoms with Gasteiger partial charge in [0.25, 0.3) is 0 Å². The van der Waals surface area contributed by atoms with Crippen LogP contribution in [0.1, 0.15) is 11.9 Å². The van der Waals surface area contributed by atoms with Crippen LogP contribution in [0.25, 0.3) is 11.6 Å². The number of H-pyrrole nitrogens is 1. The van der Waals surface area contributed by atoms with Crippen molar-refractivity contribution < 1.29 is 9.63 Å². The highest BCUT2D eigenvalue weighted by Crippen LogP contribution is 2.12. The van der Waals surface area contributed by atoms with Crippen molar-refractivity contribution in [2.24, 2.45) is 5.73 Å². The van der Waals surface area contributed by atoms with E-state index in [0.29, 0.717) is 5.82 Å². The smallest absolute Gasteiger partial charge is 0.246 e. The Hall–Kier alpha value is -1.80. The molecular formula is C6H8N6O2. The van der Waals surface area contributed by atoms with E-state index < -0.39 is 6.04 Å². The maximum atomic E-state index is 8.74. The van der Waals surface area contributed by atoms with E-state index in [2.05, 4.69) is 25.3 Å². The zero-order valence-corrected chi connectivity index (χ0v) is 7.08. The largest absolute Gasteiger partial charge is 0.394 e. The first-order valence-corrected chi connectivity index (χ1v) is 3.87. The molecule has 2 rings (SSSR count). The average Bonchev–Trinajstić information content (AvgIpc) is 2.86. The number of aliphatic hydroxyl groups is 1. The number of aliphatic hydroxyl groups excluding tert-OH is 1. The SMILES string of the molecule is N[C@@H](CO)c1nc(-c2ncn[nH]2)no1. The standard InChI is InChI=1S/C6H8N6O2/c7-3(1-13)6-10-5(12-14-6)4-8-2-9-11-4/h2-3,13H,1,7H2,(H,8,9,11)/t3-/m0/s1. The van der Waals surface area contributed by atoms with Crippen molar-refractivity contribution in [2.45, 2.75) is 6.04 Å². The molecule has 0 aliphatic rings. The summed E-state index contributed by atoms with van der Waals surface area (Å²) in [6.07, 6.45) is 1.33. The Balaban J connectivity index is 2.26. The van der Waals surface area contributed by atoms with E-state index in [4.69, 9.17) is 15.4 Å². The molecule has 8 heteroatoms. The molecular weight excluding hydrogens is 188 g/mol. The fraction of sp³-hybridized carbons (Fsp3) is 0.333. The molecule has 74 valence electrons. The average molecular weight is 196 g/mol. The van der Waals surface area contributed by atoms with E-state index in [9.17, 15) is 0 Å². The van der Waals surface area contributed by atoms with Crippen molar-refractivity contribution >= 4 is 0 Å². The Morgan fingerprint density at radius 2 is 2.50 bits per heavy atom. The molecule has 4 N–H and O–H groups in total. The third-order valence-corrected chi connectivity index (χ3v) is 1.58. The quantitative estimate of drug-likeness (QED) is 0.565. The Kier molecular flexibility index (Phi) is 2.21. The summed E-state index contributed by atoms with van der Waals surface area (Å²) >= 11 is 0. The second-order valence-electron chi connectivity index (χ2n) is 2.58. The van der Waals surface area contributed by atoms with Gasteiger partial charge in [-0.25, -0.2) is 4.98 Å². The first kappa shape index (κ1) is 8.78. The van der Waals surface area contributed by atoms with E-state index in [1.807, 2.05) is 0 Å². The van der Waals surface area contributed by atoms with Gasteiger partial charge in [-0.05, 0) is 0 Å². The summed E-state index contributed by atoms with van der Waals surface area (Å²) in [7, 11) is 0. The lowest BCUT2D eigenvalue weighted by molar-refractivity contribution is 0.237. The van der Waals surface area contributed by atoms with Gasteiger partial charge in [0.2, 0.25) is 11.7 Å². The van der Waals surface area contributed by atoms with Crippen LogP contribution in [-0.4, -0.2) is 37.0 Å². The van der Waals surface area contributed by atoms with E-state index in [1.165, 1.54) is 6.33 Å². The fourth-order valence-corrected chi connectivity index (χ4v) is 0.873. The number of aromatic nitrogens is 5. The number of hydrogen-bond donors (Lipinski definition) is 3. The third kappa shape index (κ3) is 1.47. The van der Waals surface area contributed by atoms with E-state index in [1.54, 1.807) is 0 Å². The predicted octanol–water partition coefficient (Wildman–Crippen LogP) is -1.15. The Morgan fingerprint density at radius 1 is 1.64 bits per heavy atom. The summed E-state index contributed by atoms with van der Waals surface area (Å²) in [6, 6.07) is -0.667. The van der Waals surface area contributed by atoms with Gasteiger partial charge in [0.1, 0.15) is 12.4 Å². The van der Waals surface area contributed by atoms with E-state index >= 15 is 0 Å². The fourth-order valence-electron chi connectivity index (χ4n) is 0.873. The lowest BCUT2D eigenvalue weighted by Gasteiger charge is -1.97. The molecule has 2 aromatic rings. The Bertz CT molecular complexity index is 396. The van der Waals surface area contributed by atoms with Gasteiger partial charge in [0.05, 0.1) is 6.61 Å². The number of nitrogens with two attached hydrogens (primary N) is 1. The molecule has 2 aromatic heterocycles. The summed E-state index contributed by atoms with van der Waals surface area (Å²) in [4.78, 5) is 7.76. The summed E-state index contributed by atoms with van der Waals surface area (Å²) in [6.45, 7) is -0.252. The lowest BCUT2D eigenvalue weighted by atomic mass is 10.3. The van der Waals surface area contributed by atoms with Gasteiger partial charge in [-0.3, -0.25) is 5.10 Å². The van der Waals surface area contributed by atoms with Crippen LogP contribution in [0.4, 0.5) is 0 Å². The highest BCUT2D eigenvalue weighted by Gasteiger charge is 2.15. The van der Waals surface area contributed by atoms with Crippen molar-refractivity contribution in [1.82, 2.24) is 25.3 Å². The molecule has 0 aromatic carbocycles. The van der Waals surface area contributed by atoms with Crippen LogP contribution >= 0.6 is 0 Å². The molecule has 8 nitrogen and oxygen atoms in total. The minimum absolute atomic E-state index is 0.166. The van der Waals surface area contributed by atoms with Crippen LogP contribution < -0.4 is 5.73 Å². The molecule has 0 radical (unpaired) electrons. The van der Waals surface area contributed by atoms with Crippen LogP contribution in [-0.2, 0) is 0 Å². The third-order valence-electron chi connectivity index (χ3n) is 1.58. The maximum Gasteiger partial charge on any atom is 0.246 e. The highest BCUT2D eigenvalue weighted by molar-refractivity contribution is 5.39. The van der Waals surface area contributed by atoms with Crippen LogP contribution in [0, 0.1) is 0 Å². The number of nitrogens with one attached hydrogen (secondary N) is 1. The summed E-state index contributed by atoms with van der Waals surface area (Å²) in [5.41, 5.74) is 5.47. The van der Waals surface area contributed by atoms with Crippen LogP contribution in [0.3, 0.4) is 0 Å². The highest BCUT2D eigenvalue weighted by atomic mass is 16.5. The molecule has 0 amide bonds. The number of hydrogen-bond acceptors (Lipinski definition) is 7. The van der Waals surface area contributed by atoms with E-state index in [0.717, 1.165) is 0 Å². The molecule has 0 saturated heterocycles. The molecule has 0 saturated carbocycles. The predicted molar refractivity (Wildman–Crippen MR) is 43.7 cm³/mol. The zero-order chi connectivity index (χ0) is 9.97. The second-order valence-corrected chi connectivity index (χ2v) is 2.58. The van der Waals surface area contributed by atoms with Crippen molar-refractivity contribution in [3.8, 4) is 11.6 Å². The molecule has 1 atom stereocenters. The number of aromatic amines is 1. The molecule has 0 bridgehead atoms.